The summed E-state index contributed by atoms with van der Waals surface area (Å²) in [6.45, 7) is 2.79. The maximum atomic E-state index is 13.7. The van der Waals surface area contributed by atoms with Gasteiger partial charge < -0.3 is 10.3 Å². The van der Waals surface area contributed by atoms with Gasteiger partial charge in [-0.15, -0.1) is 0 Å². The van der Waals surface area contributed by atoms with Gasteiger partial charge in [-0.2, -0.15) is 0 Å². The normalized spacial score (nSPS) is 14.6. The van der Waals surface area contributed by atoms with E-state index in [1.807, 2.05) is 61.6 Å². The largest absolute Gasteiger partial charge is 0.384 e. The minimum absolute atomic E-state index is 0.0571. The van der Waals surface area contributed by atoms with Crippen LogP contribution >= 0.6 is 0 Å². The molecule has 1 aromatic heterocycles. The zero-order valence-corrected chi connectivity index (χ0v) is 25.7. The highest BCUT2D eigenvalue weighted by molar-refractivity contribution is 7.92. The zero-order valence-electron chi connectivity index (χ0n) is 24.9. The molecule has 0 radical (unpaired) electrons. The van der Waals surface area contributed by atoms with E-state index in [0.717, 1.165) is 73.3 Å². The average Bonchev–Trinajstić information content (AvgIpc) is 3.35. The van der Waals surface area contributed by atoms with Gasteiger partial charge >= 0.3 is 0 Å². The number of nitrogens with two attached hydrogens (primary N) is 1. The first-order valence-corrected chi connectivity index (χ1v) is 16.5. The summed E-state index contributed by atoms with van der Waals surface area (Å²) < 4.78 is 32.4. The molecule has 0 bridgehead atoms. The number of amidine groups is 1. The van der Waals surface area contributed by atoms with Crippen molar-refractivity contribution in [1.82, 2.24) is 14.5 Å². The van der Waals surface area contributed by atoms with Crippen molar-refractivity contribution < 1.29 is 8.42 Å². The molecule has 226 valence electrons. The second-order valence-electron chi connectivity index (χ2n) is 11.6. The smallest absolute Gasteiger partial charge is 0.262 e. The molecule has 0 atom stereocenters. The molecule has 0 amide bonds. The van der Waals surface area contributed by atoms with E-state index in [0.29, 0.717) is 16.1 Å². The summed E-state index contributed by atoms with van der Waals surface area (Å²) in [6, 6.07) is 31.1. The van der Waals surface area contributed by atoms with Crippen LogP contribution in [0.15, 0.2) is 102 Å². The third-order valence-corrected chi connectivity index (χ3v) is 10.1. The number of benzene rings is 4. The molecule has 1 aliphatic heterocycles. The van der Waals surface area contributed by atoms with Gasteiger partial charge in [-0.25, -0.2) is 13.4 Å². The fourth-order valence-corrected chi connectivity index (χ4v) is 7.51. The first kappa shape index (κ1) is 29.6. The molecule has 9 heteroatoms. The lowest BCUT2D eigenvalue weighted by Gasteiger charge is -2.33. The Hall–Kier alpha value is -4.47. The Balaban J connectivity index is 1.14. The highest BCUT2D eigenvalue weighted by Gasteiger charge is 2.27. The number of rotatable bonds is 10. The van der Waals surface area contributed by atoms with Crippen LogP contribution in [0.2, 0.25) is 0 Å². The summed E-state index contributed by atoms with van der Waals surface area (Å²) >= 11 is 0. The second kappa shape index (κ2) is 12.6. The molecule has 0 saturated carbocycles. The van der Waals surface area contributed by atoms with Crippen LogP contribution in [-0.2, 0) is 36.5 Å². The van der Waals surface area contributed by atoms with Crippen LogP contribution in [0.1, 0.15) is 46.8 Å². The van der Waals surface area contributed by atoms with E-state index < -0.39 is 10.0 Å². The lowest BCUT2D eigenvalue weighted by atomic mass is 9.89. The Kier molecular flexibility index (Phi) is 8.50. The average molecular weight is 607 g/mol. The number of piperidine rings is 1. The molecule has 0 aliphatic carbocycles. The van der Waals surface area contributed by atoms with Gasteiger partial charge in [0.05, 0.1) is 21.6 Å². The van der Waals surface area contributed by atoms with Crippen LogP contribution in [0.4, 0.5) is 5.69 Å². The quantitative estimate of drug-likeness (QED) is 0.137. The van der Waals surface area contributed by atoms with E-state index in [1.54, 1.807) is 18.2 Å². The number of nitrogens with one attached hydrogen (secondary N) is 2. The van der Waals surface area contributed by atoms with E-state index in [-0.39, 0.29) is 11.8 Å². The number of fused-ring (bicyclic) bond motifs is 1. The fourth-order valence-electron chi connectivity index (χ4n) is 6.16. The molecule has 1 saturated heterocycles. The topological polar surface area (TPSA) is 117 Å². The number of likely N-dealkylation sites (tertiary alicyclic amines) is 1. The highest BCUT2D eigenvalue weighted by atomic mass is 32.2. The molecule has 0 unspecified atom stereocenters. The molecule has 0 spiro atoms. The number of anilines is 1. The van der Waals surface area contributed by atoms with Crippen molar-refractivity contribution in [3.63, 3.8) is 0 Å². The van der Waals surface area contributed by atoms with Crippen LogP contribution in [0.5, 0.6) is 0 Å². The number of imidazole rings is 1. The van der Waals surface area contributed by atoms with Gasteiger partial charge in [0.2, 0.25) is 0 Å². The van der Waals surface area contributed by atoms with Crippen LogP contribution in [0, 0.1) is 5.41 Å². The number of nitrogen functional groups attached to an aromatic ring is 1. The van der Waals surface area contributed by atoms with Gasteiger partial charge in [-0.3, -0.25) is 15.0 Å². The van der Waals surface area contributed by atoms with Crippen molar-refractivity contribution in [2.75, 3.05) is 17.8 Å². The Bertz CT molecular complexity index is 1880. The molecule has 4 aromatic carbocycles. The minimum atomic E-state index is -3.81. The number of aromatic nitrogens is 2. The number of aryl methyl sites for hydroxylation is 3. The standard InChI is InChI=1S/C35H38N6O2S/c1-40-32-17-16-29(23-31(32)38-34(40)18-13-25-11-14-28(15-12-25)35(36)37)39-44(42,43)33-10-6-5-9-30(33)27-19-21-41(22-20-27)24-26-7-3-2-4-8-26/h2-12,14-17,23,27,39H,13,18-22,24H2,1H3,(H3,36,37). The Morgan fingerprint density at radius 3 is 2.34 bits per heavy atom. The van der Waals surface area contributed by atoms with Gasteiger partial charge in [0, 0.05) is 25.6 Å². The Morgan fingerprint density at radius 1 is 0.909 bits per heavy atom. The van der Waals surface area contributed by atoms with E-state index in [9.17, 15) is 8.42 Å². The van der Waals surface area contributed by atoms with Crippen molar-refractivity contribution >= 4 is 32.6 Å². The van der Waals surface area contributed by atoms with E-state index in [1.165, 1.54) is 5.56 Å². The van der Waals surface area contributed by atoms with Crippen LogP contribution in [0.25, 0.3) is 11.0 Å². The van der Waals surface area contributed by atoms with Crippen molar-refractivity contribution in [2.24, 2.45) is 12.8 Å². The molecule has 2 heterocycles. The maximum Gasteiger partial charge on any atom is 0.262 e. The third-order valence-electron chi connectivity index (χ3n) is 8.61. The maximum absolute atomic E-state index is 13.7. The number of sulfonamides is 1. The summed E-state index contributed by atoms with van der Waals surface area (Å²) in [5.74, 6) is 1.16. The van der Waals surface area contributed by atoms with Crippen molar-refractivity contribution in [3.8, 4) is 0 Å². The Morgan fingerprint density at radius 2 is 1.61 bits per heavy atom. The van der Waals surface area contributed by atoms with Crippen LogP contribution < -0.4 is 10.5 Å². The summed E-state index contributed by atoms with van der Waals surface area (Å²) in [5, 5.41) is 7.57. The first-order valence-electron chi connectivity index (χ1n) is 15.0. The molecular formula is C35H38N6O2S. The minimum Gasteiger partial charge on any atom is -0.384 e. The number of hydrogen-bond donors (Lipinski definition) is 3. The lowest BCUT2D eigenvalue weighted by Crippen LogP contribution is -2.33. The number of hydrogen-bond acceptors (Lipinski definition) is 5. The van der Waals surface area contributed by atoms with Gasteiger partial charge in [0.25, 0.3) is 10.0 Å². The van der Waals surface area contributed by atoms with E-state index in [2.05, 4.69) is 38.5 Å². The molecule has 1 aliphatic rings. The fraction of sp³-hybridized carbons (Fsp3) is 0.257. The first-order chi connectivity index (χ1) is 21.3. The summed E-state index contributed by atoms with van der Waals surface area (Å²) in [4.78, 5) is 7.63. The summed E-state index contributed by atoms with van der Waals surface area (Å²) in [5.41, 5.74) is 11.8. The molecule has 5 aromatic rings. The molecule has 6 rings (SSSR count). The van der Waals surface area contributed by atoms with Crippen LogP contribution in [-0.4, -0.2) is 41.8 Å². The van der Waals surface area contributed by atoms with Crippen molar-refractivity contribution in [3.05, 3.63) is 125 Å². The molecule has 4 N–H and O–H groups in total. The predicted octanol–water partition coefficient (Wildman–Crippen LogP) is 5.82. The van der Waals surface area contributed by atoms with Crippen molar-refractivity contribution in [2.45, 2.75) is 43.0 Å². The molecule has 1 fully saturated rings. The highest BCUT2D eigenvalue weighted by Crippen LogP contribution is 2.34. The third kappa shape index (κ3) is 6.54. The molecule has 8 nitrogen and oxygen atoms in total. The van der Waals surface area contributed by atoms with Crippen LogP contribution in [0.3, 0.4) is 0 Å². The van der Waals surface area contributed by atoms with Gasteiger partial charge in [0.15, 0.2) is 0 Å². The molecule has 44 heavy (non-hydrogen) atoms. The zero-order chi connectivity index (χ0) is 30.7. The number of nitrogens with zero attached hydrogens (tertiary/aromatic N) is 3. The lowest BCUT2D eigenvalue weighted by molar-refractivity contribution is 0.204. The van der Waals surface area contributed by atoms with E-state index in [4.69, 9.17) is 16.1 Å². The van der Waals surface area contributed by atoms with Gasteiger partial charge in [0.1, 0.15) is 11.7 Å². The van der Waals surface area contributed by atoms with Crippen molar-refractivity contribution in [1.29, 1.82) is 5.41 Å². The van der Waals surface area contributed by atoms with Gasteiger partial charge in [-0.1, -0.05) is 72.8 Å². The summed E-state index contributed by atoms with van der Waals surface area (Å²) in [6.07, 6.45) is 3.35. The van der Waals surface area contributed by atoms with E-state index >= 15 is 0 Å². The summed E-state index contributed by atoms with van der Waals surface area (Å²) in [7, 11) is -1.82. The SMILES string of the molecule is Cn1c(CCc2ccc(C(=N)N)cc2)nc2cc(NS(=O)(=O)c3ccccc3C3CCN(Cc4ccccc4)CC3)ccc21. The second-order valence-corrected chi connectivity index (χ2v) is 13.2. The van der Waals surface area contributed by atoms with Gasteiger partial charge in [-0.05, 0) is 79.2 Å². The predicted molar refractivity (Wildman–Crippen MR) is 177 cm³/mol. The Labute approximate surface area is 259 Å². The monoisotopic (exact) mass is 606 g/mol. The molecular weight excluding hydrogens is 568 g/mol.